The van der Waals surface area contributed by atoms with Crippen molar-refractivity contribution in [3.05, 3.63) is 54.2 Å². The molecule has 0 saturated carbocycles. The van der Waals surface area contributed by atoms with Crippen LogP contribution in [0.15, 0.2) is 43.1 Å². The van der Waals surface area contributed by atoms with Gasteiger partial charge in [-0.05, 0) is 31.5 Å². The van der Waals surface area contributed by atoms with Gasteiger partial charge >= 0.3 is 0 Å². The molecule has 0 bridgehead atoms. The largest absolute Gasteiger partial charge is 0.349 e. The van der Waals surface area contributed by atoms with E-state index in [0.717, 1.165) is 11.2 Å². The lowest BCUT2D eigenvalue weighted by atomic mass is 10.2. The van der Waals surface area contributed by atoms with Gasteiger partial charge in [0, 0.05) is 25.1 Å². The summed E-state index contributed by atoms with van der Waals surface area (Å²) in [4.78, 5) is 25.3. The summed E-state index contributed by atoms with van der Waals surface area (Å²) < 4.78 is 13.1. The van der Waals surface area contributed by atoms with Crippen LogP contribution in [0.3, 0.4) is 0 Å². The topological polar surface area (TPSA) is 91.2 Å². The summed E-state index contributed by atoms with van der Waals surface area (Å²) in [6.45, 7) is 5.18. The van der Waals surface area contributed by atoms with Crippen molar-refractivity contribution in [1.29, 1.82) is 0 Å². The molecule has 0 spiro atoms. The molecule has 27 heavy (non-hydrogen) atoms. The number of pyridine rings is 2. The number of rotatable bonds is 5. The molecule has 0 radical (unpaired) electrons. The SMILES string of the molecule is CC1(C)OCC(CNC(=O)c2cnc3c(c2)ncn3Cc2cccnc2)O1. The number of aromatic nitrogens is 4. The van der Waals surface area contributed by atoms with Gasteiger partial charge in [-0.15, -0.1) is 0 Å². The number of imidazole rings is 1. The van der Waals surface area contributed by atoms with Crippen molar-refractivity contribution in [2.45, 2.75) is 32.3 Å². The molecule has 1 aliphatic rings. The van der Waals surface area contributed by atoms with Gasteiger partial charge in [-0.2, -0.15) is 0 Å². The molecule has 1 atom stereocenters. The maximum atomic E-state index is 12.4. The number of nitrogens with zero attached hydrogens (tertiary/aromatic N) is 4. The van der Waals surface area contributed by atoms with Crippen LogP contribution in [0.5, 0.6) is 0 Å². The van der Waals surface area contributed by atoms with Gasteiger partial charge in [0.25, 0.3) is 5.91 Å². The summed E-state index contributed by atoms with van der Waals surface area (Å²) >= 11 is 0. The lowest BCUT2D eigenvalue weighted by Crippen LogP contribution is -2.34. The second-order valence-corrected chi connectivity index (χ2v) is 6.96. The maximum absolute atomic E-state index is 12.4. The van der Waals surface area contributed by atoms with Crippen molar-refractivity contribution in [2.24, 2.45) is 0 Å². The molecule has 4 rings (SSSR count). The predicted octanol–water partition coefficient (Wildman–Crippen LogP) is 1.76. The molecular weight excluding hydrogens is 346 g/mol. The van der Waals surface area contributed by atoms with E-state index in [-0.39, 0.29) is 12.0 Å². The minimum absolute atomic E-state index is 0.153. The molecule has 1 saturated heterocycles. The molecule has 1 amide bonds. The Balaban J connectivity index is 1.43. The standard InChI is InChI=1S/C19H21N5O3/c1-19(2)26-11-15(27-19)9-22-18(25)14-6-16-17(21-8-14)24(12-23-16)10-13-4-3-5-20-7-13/h3-8,12,15H,9-11H2,1-2H3,(H,22,25). The van der Waals surface area contributed by atoms with E-state index in [0.29, 0.717) is 30.8 Å². The van der Waals surface area contributed by atoms with Crippen LogP contribution in [0.4, 0.5) is 0 Å². The highest BCUT2D eigenvalue weighted by molar-refractivity contribution is 5.96. The van der Waals surface area contributed by atoms with Crippen molar-refractivity contribution in [3.8, 4) is 0 Å². The van der Waals surface area contributed by atoms with Crippen LogP contribution >= 0.6 is 0 Å². The first-order valence-electron chi connectivity index (χ1n) is 8.80. The van der Waals surface area contributed by atoms with E-state index in [2.05, 4.69) is 20.3 Å². The summed E-state index contributed by atoms with van der Waals surface area (Å²) in [6.07, 6.45) is 6.68. The third-order valence-corrected chi connectivity index (χ3v) is 4.35. The number of nitrogens with one attached hydrogen (secondary N) is 1. The molecule has 8 nitrogen and oxygen atoms in total. The Labute approximate surface area is 156 Å². The average Bonchev–Trinajstić information content (AvgIpc) is 3.23. The fourth-order valence-corrected chi connectivity index (χ4v) is 3.05. The molecule has 0 aliphatic carbocycles. The van der Waals surface area contributed by atoms with Gasteiger partial charge in [0.2, 0.25) is 0 Å². The first-order chi connectivity index (χ1) is 13.0. The highest BCUT2D eigenvalue weighted by Crippen LogP contribution is 2.21. The first kappa shape index (κ1) is 17.6. The zero-order chi connectivity index (χ0) is 18.9. The smallest absolute Gasteiger partial charge is 0.253 e. The molecule has 140 valence electrons. The highest BCUT2D eigenvalue weighted by atomic mass is 16.7. The monoisotopic (exact) mass is 367 g/mol. The molecular formula is C19H21N5O3. The second-order valence-electron chi connectivity index (χ2n) is 6.96. The van der Waals surface area contributed by atoms with E-state index in [1.807, 2.05) is 36.7 Å². The number of amides is 1. The number of ether oxygens (including phenoxy) is 2. The number of fused-ring (bicyclic) bond motifs is 1. The summed E-state index contributed by atoms with van der Waals surface area (Å²) in [7, 11) is 0. The van der Waals surface area contributed by atoms with Gasteiger partial charge in [-0.3, -0.25) is 9.78 Å². The van der Waals surface area contributed by atoms with Crippen LogP contribution in [-0.4, -0.2) is 50.5 Å². The van der Waals surface area contributed by atoms with Gasteiger partial charge in [0.05, 0.1) is 25.0 Å². The zero-order valence-corrected chi connectivity index (χ0v) is 15.3. The Hall–Kier alpha value is -2.84. The van der Waals surface area contributed by atoms with Crippen LogP contribution in [0.25, 0.3) is 11.2 Å². The van der Waals surface area contributed by atoms with Crippen LogP contribution in [-0.2, 0) is 16.0 Å². The first-order valence-corrected chi connectivity index (χ1v) is 8.80. The second kappa shape index (κ2) is 7.05. The summed E-state index contributed by atoms with van der Waals surface area (Å²) in [5, 5.41) is 2.86. The Morgan fingerprint density at radius 2 is 2.26 bits per heavy atom. The molecule has 1 aliphatic heterocycles. The Morgan fingerprint density at radius 1 is 1.37 bits per heavy atom. The van der Waals surface area contributed by atoms with Gasteiger partial charge in [-0.25, -0.2) is 9.97 Å². The van der Waals surface area contributed by atoms with Crippen molar-refractivity contribution < 1.29 is 14.3 Å². The fraction of sp³-hybridized carbons (Fsp3) is 0.368. The van der Waals surface area contributed by atoms with Gasteiger partial charge in [-0.1, -0.05) is 6.07 Å². The maximum Gasteiger partial charge on any atom is 0.253 e. The molecule has 1 fully saturated rings. The summed E-state index contributed by atoms with van der Waals surface area (Å²) in [5.41, 5.74) is 2.92. The number of carbonyl (C=O) groups excluding carboxylic acids is 1. The van der Waals surface area contributed by atoms with Crippen LogP contribution < -0.4 is 5.32 Å². The Bertz CT molecular complexity index is 954. The predicted molar refractivity (Wildman–Crippen MR) is 98.1 cm³/mol. The molecule has 0 aromatic carbocycles. The van der Waals surface area contributed by atoms with Crippen molar-refractivity contribution in [3.63, 3.8) is 0 Å². The Morgan fingerprint density at radius 3 is 3.00 bits per heavy atom. The fourth-order valence-electron chi connectivity index (χ4n) is 3.05. The summed E-state index contributed by atoms with van der Waals surface area (Å²) in [6, 6.07) is 5.63. The average molecular weight is 367 g/mol. The zero-order valence-electron chi connectivity index (χ0n) is 15.3. The van der Waals surface area contributed by atoms with Crippen LogP contribution in [0, 0.1) is 0 Å². The minimum Gasteiger partial charge on any atom is -0.349 e. The normalized spacial score (nSPS) is 18.7. The number of hydrogen-bond acceptors (Lipinski definition) is 6. The quantitative estimate of drug-likeness (QED) is 0.739. The number of carbonyl (C=O) groups is 1. The van der Waals surface area contributed by atoms with Crippen LogP contribution in [0.2, 0.25) is 0 Å². The minimum atomic E-state index is -0.600. The van der Waals surface area contributed by atoms with E-state index < -0.39 is 5.79 Å². The van der Waals surface area contributed by atoms with E-state index in [1.165, 1.54) is 0 Å². The molecule has 3 aromatic rings. The summed E-state index contributed by atoms with van der Waals surface area (Å²) in [5.74, 6) is -0.809. The van der Waals surface area contributed by atoms with Gasteiger partial charge < -0.3 is 19.4 Å². The third-order valence-electron chi connectivity index (χ3n) is 4.35. The lowest BCUT2D eigenvalue weighted by molar-refractivity contribution is -0.137. The molecule has 1 unspecified atom stereocenters. The van der Waals surface area contributed by atoms with E-state index in [1.54, 1.807) is 24.8 Å². The van der Waals surface area contributed by atoms with Crippen molar-refractivity contribution in [2.75, 3.05) is 13.2 Å². The molecule has 3 aromatic heterocycles. The molecule has 8 heteroatoms. The van der Waals surface area contributed by atoms with E-state index in [4.69, 9.17) is 9.47 Å². The van der Waals surface area contributed by atoms with Crippen molar-refractivity contribution >= 4 is 17.1 Å². The van der Waals surface area contributed by atoms with Gasteiger partial charge in [0.1, 0.15) is 11.6 Å². The van der Waals surface area contributed by atoms with Crippen LogP contribution in [0.1, 0.15) is 29.8 Å². The van der Waals surface area contributed by atoms with E-state index in [9.17, 15) is 4.79 Å². The molecule has 1 N–H and O–H groups in total. The highest BCUT2D eigenvalue weighted by Gasteiger charge is 2.32. The number of hydrogen-bond donors (Lipinski definition) is 1. The Kier molecular flexibility index (Phi) is 4.59. The third kappa shape index (κ3) is 3.96. The van der Waals surface area contributed by atoms with Crippen molar-refractivity contribution in [1.82, 2.24) is 24.8 Å². The van der Waals surface area contributed by atoms with E-state index >= 15 is 0 Å². The lowest BCUT2D eigenvalue weighted by Gasteiger charge is -2.17. The van der Waals surface area contributed by atoms with Gasteiger partial charge in [0.15, 0.2) is 11.4 Å². The molecule has 4 heterocycles.